The molecule has 8 nitrogen and oxygen atoms in total. The third-order valence-corrected chi connectivity index (χ3v) is 5.99. The lowest BCUT2D eigenvalue weighted by atomic mass is 9.85. The van der Waals surface area contributed by atoms with Crippen LogP contribution in [0, 0.1) is 23.7 Å². The smallest absolute Gasteiger partial charge is 0.233 e. The van der Waals surface area contributed by atoms with Crippen molar-refractivity contribution in [2.75, 3.05) is 26.7 Å². The van der Waals surface area contributed by atoms with Gasteiger partial charge in [-0.2, -0.15) is 0 Å². The van der Waals surface area contributed by atoms with Crippen molar-refractivity contribution in [1.82, 2.24) is 20.5 Å². The lowest BCUT2D eigenvalue weighted by molar-refractivity contribution is -0.140. The van der Waals surface area contributed by atoms with Gasteiger partial charge in [0.1, 0.15) is 0 Å². The van der Waals surface area contributed by atoms with Crippen LogP contribution in [0.4, 0.5) is 0 Å². The summed E-state index contributed by atoms with van der Waals surface area (Å²) in [5.74, 6) is 1.37. The van der Waals surface area contributed by atoms with Gasteiger partial charge in [-0.1, -0.05) is 18.2 Å². The molecule has 2 heterocycles. The van der Waals surface area contributed by atoms with Crippen molar-refractivity contribution in [1.29, 1.82) is 0 Å². The Hall–Kier alpha value is -2.17. The number of amides is 2. The summed E-state index contributed by atoms with van der Waals surface area (Å²) in [6.07, 6.45) is 6.87. The first-order valence-electron chi connectivity index (χ1n) is 10.2. The van der Waals surface area contributed by atoms with Crippen LogP contribution in [0.25, 0.3) is 0 Å². The number of ether oxygens (including phenoxy) is 1. The average Bonchev–Trinajstić information content (AvgIpc) is 3.41. The first kappa shape index (κ1) is 22.5. The number of halogens is 1. The number of nitrogens with zero attached hydrogens (tertiary/aromatic N) is 3. The summed E-state index contributed by atoms with van der Waals surface area (Å²) >= 11 is 0. The maximum Gasteiger partial charge on any atom is 0.233 e. The molecule has 2 amide bonds. The average molecular weight is 525 g/mol. The number of imide groups is 1. The van der Waals surface area contributed by atoms with Crippen molar-refractivity contribution in [3.8, 4) is 5.88 Å². The zero-order valence-corrected chi connectivity index (χ0v) is 19.5. The fraction of sp³-hybridized carbons (Fsp3) is 0.524. The second-order valence-electron chi connectivity index (χ2n) is 7.58. The molecule has 3 aliphatic rings. The molecule has 162 valence electrons. The van der Waals surface area contributed by atoms with Gasteiger partial charge in [0.15, 0.2) is 5.96 Å². The molecule has 1 saturated carbocycles. The Bertz CT molecular complexity index is 829. The van der Waals surface area contributed by atoms with Gasteiger partial charge < -0.3 is 15.4 Å². The van der Waals surface area contributed by atoms with E-state index in [2.05, 4.69) is 32.8 Å². The zero-order valence-electron chi connectivity index (χ0n) is 17.2. The van der Waals surface area contributed by atoms with Crippen molar-refractivity contribution in [3.05, 3.63) is 36.0 Å². The number of guanidine groups is 1. The molecule has 2 N–H and O–H groups in total. The first-order valence-corrected chi connectivity index (χ1v) is 10.2. The van der Waals surface area contributed by atoms with E-state index in [0.717, 1.165) is 12.0 Å². The predicted octanol–water partition coefficient (Wildman–Crippen LogP) is 1.57. The Kier molecular flexibility index (Phi) is 7.32. The van der Waals surface area contributed by atoms with Crippen LogP contribution in [0.5, 0.6) is 5.88 Å². The van der Waals surface area contributed by atoms with E-state index >= 15 is 0 Å². The number of nitrogens with one attached hydrogen (secondary N) is 2. The maximum absolute atomic E-state index is 12.7. The number of aromatic nitrogens is 1. The Morgan fingerprint density at radius 1 is 1.23 bits per heavy atom. The third kappa shape index (κ3) is 4.17. The van der Waals surface area contributed by atoms with E-state index in [4.69, 9.17) is 4.74 Å². The summed E-state index contributed by atoms with van der Waals surface area (Å²) < 4.78 is 5.54. The van der Waals surface area contributed by atoms with E-state index in [0.29, 0.717) is 38.1 Å². The number of carbonyl (C=O) groups is 2. The molecule has 30 heavy (non-hydrogen) atoms. The molecule has 4 rings (SSSR count). The lowest BCUT2D eigenvalue weighted by Gasteiger charge is -2.19. The highest BCUT2D eigenvalue weighted by Crippen LogP contribution is 2.52. The molecule has 2 bridgehead atoms. The molecule has 0 aromatic carbocycles. The summed E-state index contributed by atoms with van der Waals surface area (Å²) in [6, 6.07) is 3.81. The number of rotatable bonds is 7. The van der Waals surface area contributed by atoms with Crippen LogP contribution >= 0.6 is 24.0 Å². The highest BCUT2D eigenvalue weighted by Gasteiger charge is 2.58. The fourth-order valence-corrected chi connectivity index (χ4v) is 4.70. The number of carbonyl (C=O) groups excluding carboxylic acids is 2. The van der Waals surface area contributed by atoms with Gasteiger partial charge in [-0.25, -0.2) is 4.98 Å². The summed E-state index contributed by atoms with van der Waals surface area (Å²) in [7, 11) is 1.68. The predicted molar refractivity (Wildman–Crippen MR) is 123 cm³/mol. The molecule has 4 atom stereocenters. The van der Waals surface area contributed by atoms with Crippen molar-refractivity contribution < 1.29 is 14.3 Å². The van der Waals surface area contributed by atoms with Gasteiger partial charge >= 0.3 is 0 Å². The minimum absolute atomic E-state index is 0. The second kappa shape index (κ2) is 9.76. The molecule has 0 spiro atoms. The zero-order chi connectivity index (χ0) is 20.4. The topological polar surface area (TPSA) is 95.9 Å². The number of aliphatic imine (C=N–C) groups is 1. The van der Waals surface area contributed by atoms with E-state index in [-0.39, 0.29) is 59.5 Å². The summed E-state index contributed by atoms with van der Waals surface area (Å²) in [4.78, 5) is 35.3. The standard InChI is InChI=1S/C21H27N5O3.HI/c1-3-29-18-15(5-4-8-23-18)12-25-21(22-2)24-9-10-26-19(27)16-13-6-7-14(11-13)17(16)20(26)28;/h4-8,13-14,16-17H,3,9-12H2,1-2H3,(H2,22,24,25);1H. The van der Waals surface area contributed by atoms with Crippen LogP contribution in [0.1, 0.15) is 18.9 Å². The maximum atomic E-state index is 12.7. The van der Waals surface area contributed by atoms with Gasteiger partial charge in [0.2, 0.25) is 17.7 Å². The molecule has 1 aromatic heterocycles. The Balaban J connectivity index is 0.00000256. The number of fused-ring (bicyclic) bond motifs is 5. The molecule has 4 unspecified atom stereocenters. The molecular weight excluding hydrogens is 497 g/mol. The summed E-state index contributed by atoms with van der Waals surface area (Å²) in [5.41, 5.74) is 0.929. The number of allylic oxidation sites excluding steroid dienone is 2. The minimum Gasteiger partial charge on any atom is -0.478 e. The van der Waals surface area contributed by atoms with E-state index in [1.54, 1.807) is 13.2 Å². The van der Waals surface area contributed by atoms with Gasteiger partial charge in [-0.05, 0) is 31.2 Å². The third-order valence-electron chi connectivity index (χ3n) is 5.99. The molecule has 9 heteroatoms. The first-order chi connectivity index (χ1) is 14.1. The summed E-state index contributed by atoms with van der Waals surface area (Å²) in [6.45, 7) is 3.77. The van der Waals surface area contributed by atoms with Crippen molar-refractivity contribution in [3.63, 3.8) is 0 Å². The van der Waals surface area contributed by atoms with Crippen LogP contribution in [-0.4, -0.2) is 54.4 Å². The molecular formula is C21H28IN5O3. The number of hydrogen-bond acceptors (Lipinski definition) is 5. The fourth-order valence-electron chi connectivity index (χ4n) is 4.70. The van der Waals surface area contributed by atoms with Gasteiger partial charge in [0.25, 0.3) is 0 Å². The van der Waals surface area contributed by atoms with Crippen molar-refractivity contribution >= 4 is 41.8 Å². The van der Waals surface area contributed by atoms with Crippen LogP contribution in [0.15, 0.2) is 35.5 Å². The lowest BCUT2D eigenvalue weighted by Crippen LogP contribution is -2.43. The van der Waals surface area contributed by atoms with Crippen molar-refractivity contribution in [2.24, 2.45) is 28.7 Å². The van der Waals surface area contributed by atoms with E-state index in [1.165, 1.54) is 4.90 Å². The van der Waals surface area contributed by atoms with Crippen LogP contribution in [0.3, 0.4) is 0 Å². The molecule has 2 fully saturated rings. The van der Waals surface area contributed by atoms with Gasteiger partial charge in [0.05, 0.1) is 18.4 Å². The Morgan fingerprint density at radius 3 is 2.57 bits per heavy atom. The van der Waals surface area contributed by atoms with Crippen molar-refractivity contribution in [2.45, 2.75) is 19.9 Å². The van der Waals surface area contributed by atoms with E-state index in [1.807, 2.05) is 19.1 Å². The number of pyridine rings is 1. The highest BCUT2D eigenvalue weighted by atomic mass is 127. The SMILES string of the molecule is CCOc1ncccc1CNC(=NC)NCCN1C(=O)C2C3C=CC(C3)C2C1=O.I. The van der Waals surface area contributed by atoms with Gasteiger partial charge in [-0.15, -0.1) is 24.0 Å². The minimum atomic E-state index is -0.141. The molecule has 1 aromatic rings. The van der Waals surface area contributed by atoms with E-state index < -0.39 is 0 Å². The quantitative estimate of drug-likeness (QED) is 0.185. The van der Waals surface area contributed by atoms with Gasteiger partial charge in [0, 0.05) is 38.4 Å². The Labute approximate surface area is 193 Å². The second-order valence-corrected chi connectivity index (χ2v) is 7.58. The highest BCUT2D eigenvalue weighted by molar-refractivity contribution is 14.0. The monoisotopic (exact) mass is 525 g/mol. The van der Waals surface area contributed by atoms with Crippen LogP contribution < -0.4 is 15.4 Å². The van der Waals surface area contributed by atoms with E-state index in [9.17, 15) is 9.59 Å². The summed E-state index contributed by atoms with van der Waals surface area (Å²) in [5, 5.41) is 6.40. The normalized spacial score (nSPS) is 26.6. The largest absolute Gasteiger partial charge is 0.478 e. The number of likely N-dealkylation sites (tertiary alicyclic amines) is 1. The Morgan fingerprint density at radius 2 is 1.93 bits per heavy atom. The molecule has 0 radical (unpaired) electrons. The van der Waals surface area contributed by atoms with Gasteiger partial charge in [-0.3, -0.25) is 19.5 Å². The van der Waals surface area contributed by atoms with Crippen LogP contribution in [-0.2, 0) is 16.1 Å². The molecule has 1 aliphatic heterocycles. The molecule has 1 saturated heterocycles. The molecule has 2 aliphatic carbocycles. The van der Waals surface area contributed by atoms with Crippen LogP contribution in [0.2, 0.25) is 0 Å². The number of hydrogen-bond donors (Lipinski definition) is 2.